The molecule has 0 aliphatic carbocycles. The summed E-state index contributed by atoms with van der Waals surface area (Å²) < 4.78 is 0. The van der Waals surface area contributed by atoms with Crippen molar-refractivity contribution < 1.29 is 0 Å². The normalized spacial score (nSPS) is 11.4. The van der Waals surface area contributed by atoms with Crippen molar-refractivity contribution in [2.75, 3.05) is 0 Å². The second-order valence-electron chi connectivity index (χ2n) is 9.32. The van der Waals surface area contributed by atoms with Crippen LogP contribution in [0.5, 0.6) is 0 Å². The highest BCUT2D eigenvalue weighted by molar-refractivity contribution is 6.17. The molecule has 0 amide bonds. The van der Waals surface area contributed by atoms with Crippen LogP contribution in [0.3, 0.4) is 0 Å². The Morgan fingerprint density at radius 3 is 1.11 bits per heavy atom. The number of nitrogens with zero attached hydrogens (tertiary/aromatic N) is 2. The van der Waals surface area contributed by atoms with Crippen LogP contribution in [0.1, 0.15) is 33.4 Å². The first-order chi connectivity index (χ1) is 18.7. The van der Waals surface area contributed by atoms with Gasteiger partial charge in [-0.05, 0) is 91.0 Å². The molecule has 0 radical (unpaired) electrons. The van der Waals surface area contributed by atoms with Gasteiger partial charge >= 0.3 is 0 Å². The molecule has 6 aromatic rings. The lowest BCUT2D eigenvalue weighted by atomic mass is 9.95. The summed E-state index contributed by atoms with van der Waals surface area (Å²) in [4.78, 5) is 0. The molecule has 0 aromatic heterocycles. The number of hydrogen-bond donors (Lipinski definition) is 0. The summed E-state index contributed by atoms with van der Waals surface area (Å²) in [5.74, 6) is 0. The predicted molar refractivity (Wildman–Crippen MR) is 159 cm³/mol. The Labute approximate surface area is 221 Å². The Balaban J connectivity index is 1.30. The average Bonchev–Trinajstić information content (AvgIpc) is 2.98. The third-order valence-corrected chi connectivity index (χ3v) is 6.90. The third kappa shape index (κ3) is 4.56. The van der Waals surface area contributed by atoms with Gasteiger partial charge in [0.15, 0.2) is 0 Å². The number of fused-ring (bicyclic) bond motifs is 5. The zero-order chi connectivity index (χ0) is 25.9. The number of benzene rings is 6. The van der Waals surface area contributed by atoms with Gasteiger partial charge in [-0.1, -0.05) is 97.1 Å². The fraction of sp³-hybridized carbons (Fsp3) is 0. The van der Waals surface area contributed by atoms with Crippen LogP contribution in [0.4, 0.5) is 0 Å². The maximum Gasteiger partial charge on any atom is 0.0991 e. The van der Waals surface area contributed by atoms with Crippen molar-refractivity contribution in [2.24, 2.45) is 0 Å². The van der Waals surface area contributed by atoms with E-state index in [4.69, 9.17) is 10.5 Å². The van der Waals surface area contributed by atoms with E-state index in [2.05, 4.69) is 97.1 Å². The van der Waals surface area contributed by atoms with E-state index in [0.29, 0.717) is 11.1 Å². The first-order valence-electron chi connectivity index (χ1n) is 12.5. The Morgan fingerprint density at radius 2 is 0.711 bits per heavy atom. The monoisotopic (exact) mass is 482 g/mol. The van der Waals surface area contributed by atoms with E-state index in [1.165, 1.54) is 32.3 Å². The molecule has 0 saturated carbocycles. The first kappa shape index (κ1) is 23.0. The SMILES string of the molecule is N#Cc1ccc(/C=C/c2ccc3c(ccc4c5ccc(/C=C/c6ccc(C#N)cc6)cc5ccc34)c2)cc1. The Morgan fingerprint density at radius 1 is 0.368 bits per heavy atom. The quantitative estimate of drug-likeness (QED) is 0.186. The maximum absolute atomic E-state index is 8.98. The van der Waals surface area contributed by atoms with Gasteiger partial charge in [0.05, 0.1) is 23.3 Å². The molecule has 0 fully saturated rings. The van der Waals surface area contributed by atoms with Crippen LogP contribution in [0.2, 0.25) is 0 Å². The van der Waals surface area contributed by atoms with Gasteiger partial charge in [-0.3, -0.25) is 0 Å². The highest BCUT2D eigenvalue weighted by atomic mass is 14.2. The molecule has 176 valence electrons. The van der Waals surface area contributed by atoms with Crippen molar-refractivity contribution in [3.8, 4) is 12.1 Å². The molecule has 0 unspecified atom stereocenters. The molecule has 6 rings (SSSR count). The molecule has 0 bridgehead atoms. The van der Waals surface area contributed by atoms with Crippen LogP contribution < -0.4 is 0 Å². The number of rotatable bonds is 4. The van der Waals surface area contributed by atoms with Gasteiger partial charge in [0.25, 0.3) is 0 Å². The van der Waals surface area contributed by atoms with Crippen molar-refractivity contribution in [1.29, 1.82) is 10.5 Å². The van der Waals surface area contributed by atoms with Crippen molar-refractivity contribution in [3.63, 3.8) is 0 Å². The fourth-order valence-corrected chi connectivity index (χ4v) is 4.85. The topological polar surface area (TPSA) is 47.6 Å². The number of nitriles is 2. The molecule has 0 N–H and O–H groups in total. The largest absolute Gasteiger partial charge is 0.192 e. The standard InChI is InChI=1S/C36H22N2/c37-23-29-9-3-25(4-10-29)1-7-27-13-17-33-31(21-27)15-19-36-34-18-14-28(22-32(34)16-20-35(33)36)8-2-26-5-11-30(24-38)12-6-26/h1-22H/b7-1+,8-2+. The van der Waals surface area contributed by atoms with Crippen LogP contribution in [0.15, 0.2) is 109 Å². The van der Waals surface area contributed by atoms with Gasteiger partial charge in [0, 0.05) is 0 Å². The van der Waals surface area contributed by atoms with Gasteiger partial charge in [-0.2, -0.15) is 10.5 Å². The molecular weight excluding hydrogens is 460 g/mol. The Bertz CT molecular complexity index is 1810. The van der Waals surface area contributed by atoms with E-state index in [1.807, 2.05) is 48.5 Å². The van der Waals surface area contributed by atoms with E-state index < -0.39 is 0 Å². The van der Waals surface area contributed by atoms with Crippen molar-refractivity contribution in [1.82, 2.24) is 0 Å². The predicted octanol–water partition coefficient (Wildman–Crippen LogP) is 9.23. The van der Waals surface area contributed by atoms with Gasteiger partial charge in [-0.25, -0.2) is 0 Å². The Hall–Kier alpha value is -5.44. The molecule has 0 saturated heterocycles. The zero-order valence-corrected chi connectivity index (χ0v) is 20.6. The molecule has 6 aromatic carbocycles. The summed E-state index contributed by atoms with van der Waals surface area (Å²) >= 11 is 0. The van der Waals surface area contributed by atoms with E-state index in [-0.39, 0.29) is 0 Å². The summed E-state index contributed by atoms with van der Waals surface area (Å²) in [7, 11) is 0. The van der Waals surface area contributed by atoms with Crippen LogP contribution in [0.25, 0.3) is 56.6 Å². The molecule has 0 spiro atoms. The van der Waals surface area contributed by atoms with Crippen LogP contribution in [-0.4, -0.2) is 0 Å². The minimum Gasteiger partial charge on any atom is -0.192 e. The Kier molecular flexibility index (Phi) is 5.99. The van der Waals surface area contributed by atoms with Crippen molar-refractivity contribution >= 4 is 56.6 Å². The highest BCUT2D eigenvalue weighted by Crippen LogP contribution is 2.32. The van der Waals surface area contributed by atoms with E-state index in [0.717, 1.165) is 22.3 Å². The molecule has 2 nitrogen and oxygen atoms in total. The van der Waals surface area contributed by atoms with Crippen LogP contribution in [0, 0.1) is 22.7 Å². The number of hydrogen-bond acceptors (Lipinski definition) is 2. The molecule has 38 heavy (non-hydrogen) atoms. The highest BCUT2D eigenvalue weighted by Gasteiger charge is 2.06. The maximum atomic E-state index is 8.98. The molecule has 0 aliphatic rings. The zero-order valence-electron chi connectivity index (χ0n) is 20.6. The lowest BCUT2D eigenvalue weighted by Gasteiger charge is -2.09. The van der Waals surface area contributed by atoms with Gasteiger partial charge in [0.2, 0.25) is 0 Å². The minimum absolute atomic E-state index is 0.669. The van der Waals surface area contributed by atoms with Crippen LogP contribution >= 0.6 is 0 Å². The summed E-state index contributed by atoms with van der Waals surface area (Å²) in [6.07, 6.45) is 8.37. The van der Waals surface area contributed by atoms with Gasteiger partial charge in [0.1, 0.15) is 0 Å². The first-order valence-corrected chi connectivity index (χ1v) is 12.5. The molecular formula is C36H22N2. The molecule has 0 atom stereocenters. The van der Waals surface area contributed by atoms with E-state index in [9.17, 15) is 0 Å². The molecule has 0 heterocycles. The summed E-state index contributed by atoms with van der Waals surface area (Å²) in [5, 5.41) is 25.4. The lowest BCUT2D eigenvalue weighted by Crippen LogP contribution is -1.83. The van der Waals surface area contributed by atoms with E-state index >= 15 is 0 Å². The van der Waals surface area contributed by atoms with Gasteiger partial charge < -0.3 is 0 Å². The van der Waals surface area contributed by atoms with Crippen molar-refractivity contribution in [3.05, 3.63) is 143 Å². The van der Waals surface area contributed by atoms with Gasteiger partial charge in [-0.15, -0.1) is 0 Å². The smallest absolute Gasteiger partial charge is 0.0991 e. The van der Waals surface area contributed by atoms with Crippen molar-refractivity contribution in [2.45, 2.75) is 0 Å². The second-order valence-corrected chi connectivity index (χ2v) is 9.32. The fourth-order valence-electron chi connectivity index (χ4n) is 4.85. The minimum atomic E-state index is 0.669. The third-order valence-electron chi connectivity index (χ3n) is 6.90. The summed E-state index contributed by atoms with van der Waals surface area (Å²) in [6.45, 7) is 0. The average molecular weight is 483 g/mol. The molecule has 2 heteroatoms. The van der Waals surface area contributed by atoms with E-state index in [1.54, 1.807) is 0 Å². The molecule has 0 aliphatic heterocycles. The summed E-state index contributed by atoms with van der Waals surface area (Å²) in [6, 6.07) is 41.5. The second kappa shape index (κ2) is 9.90. The van der Waals surface area contributed by atoms with Crippen LogP contribution in [-0.2, 0) is 0 Å². The lowest BCUT2D eigenvalue weighted by molar-refractivity contribution is 1.48. The summed E-state index contributed by atoms with van der Waals surface area (Å²) in [5.41, 5.74) is 5.76.